The Morgan fingerprint density at radius 2 is 2.18 bits per heavy atom. The normalized spacial score (nSPS) is 17.4. The van der Waals surface area contributed by atoms with Crippen molar-refractivity contribution >= 4 is 57.3 Å². The van der Waals surface area contributed by atoms with E-state index in [9.17, 15) is 14.7 Å². The largest absolute Gasteiger partial charge is 0.477 e. The minimum atomic E-state index is -1.09. The molecule has 0 aliphatic carbocycles. The number of hydrogen-bond acceptors (Lipinski definition) is 8. The summed E-state index contributed by atoms with van der Waals surface area (Å²) in [6, 6.07) is -0.421. The van der Waals surface area contributed by atoms with Crippen LogP contribution in [0.5, 0.6) is 0 Å². The molecule has 1 fully saturated rings. The van der Waals surface area contributed by atoms with E-state index in [4.69, 9.17) is 28.0 Å². The number of carbonyl (C=O) groups excluding carboxylic acids is 1. The Morgan fingerprint density at radius 1 is 1.39 bits per heavy atom. The van der Waals surface area contributed by atoms with Crippen molar-refractivity contribution in [2.75, 3.05) is 25.1 Å². The van der Waals surface area contributed by atoms with E-state index in [2.05, 4.69) is 30.4 Å². The highest BCUT2D eigenvalue weighted by molar-refractivity contribution is 7.17. The zero-order valence-corrected chi connectivity index (χ0v) is 19.8. The third kappa shape index (κ3) is 4.54. The summed E-state index contributed by atoms with van der Waals surface area (Å²) in [7, 11) is 1.41. The molecule has 3 aromatic rings. The molecule has 1 unspecified atom stereocenters. The zero-order chi connectivity index (χ0) is 23.7. The molecule has 1 saturated heterocycles. The number of carboxylic acid groups (broad SMARTS) is 1. The van der Waals surface area contributed by atoms with Crippen molar-refractivity contribution in [3.63, 3.8) is 0 Å². The number of imidazole rings is 1. The number of H-pyrrole nitrogens is 2. The summed E-state index contributed by atoms with van der Waals surface area (Å²) >= 11 is 13.3. The maximum Gasteiger partial charge on any atom is 0.348 e. The molecule has 4 rings (SSSR count). The van der Waals surface area contributed by atoms with E-state index in [1.165, 1.54) is 13.3 Å². The van der Waals surface area contributed by atoms with Gasteiger partial charge in [-0.2, -0.15) is 0 Å². The fraction of sp³-hybridized carbons (Fsp3) is 0.316. The van der Waals surface area contributed by atoms with Crippen molar-refractivity contribution in [3.8, 4) is 11.5 Å². The second-order valence-corrected chi connectivity index (χ2v) is 8.90. The topological polar surface area (TPSA) is 149 Å². The van der Waals surface area contributed by atoms with Crippen molar-refractivity contribution < 1.29 is 19.5 Å². The summed E-state index contributed by atoms with van der Waals surface area (Å²) in [6.45, 7) is 2.50. The summed E-state index contributed by atoms with van der Waals surface area (Å²) in [5.74, 6) is -1.13. The molecule has 0 aromatic carbocycles. The molecule has 11 nitrogen and oxygen atoms in total. The number of carbonyl (C=O) groups is 2. The molecule has 33 heavy (non-hydrogen) atoms. The van der Waals surface area contributed by atoms with Gasteiger partial charge in [-0.25, -0.2) is 14.8 Å². The molecule has 1 aliphatic rings. The number of oxime groups is 1. The van der Waals surface area contributed by atoms with Crippen molar-refractivity contribution in [1.29, 1.82) is 0 Å². The van der Waals surface area contributed by atoms with Gasteiger partial charge in [0.25, 0.3) is 5.91 Å². The number of piperidine rings is 1. The lowest BCUT2D eigenvalue weighted by Gasteiger charge is -2.32. The highest BCUT2D eigenvalue weighted by Crippen LogP contribution is 2.33. The number of aryl methyl sites for hydroxylation is 1. The lowest BCUT2D eigenvalue weighted by atomic mass is 10.0. The molecular weight excluding hydrogens is 493 g/mol. The molecule has 14 heteroatoms. The van der Waals surface area contributed by atoms with Gasteiger partial charge in [-0.3, -0.25) is 4.79 Å². The number of rotatable bonds is 6. The summed E-state index contributed by atoms with van der Waals surface area (Å²) in [5.41, 5.74) is 1.58. The van der Waals surface area contributed by atoms with Crippen LogP contribution in [-0.2, 0) is 4.84 Å². The first-order valence-electron chi connectivity index (χ1n) is 9.73. The number of carboxylic acids is 1. The number of aromatic amines is 2. The van der Waals surface area contributed by atoms with Crippen molar-refractivity contribution in [1.82, 2.24) is 25.3 Å². The summed E-state index contributed by atoms with van der Waals surface area (Å²) in [6.07, 6.45) is 3.61. The number of anilines is 1. The van der Waals surface area contributed by atoms with Crippen molar-refractivity contribution in [2.45, 2.75) is 19.4 Å². The van der Waals surface area contributed by atoms with E-state index in [0.717, 1.165) is 11.3 Å². The van der Waals surface area contributed by atoms with E-state index in [-0.39, 0.29) is 27.8 Å². The SMILES string of the molecule is CON=C1CN(c2nc(-c3ncc[nH]3)c(C(=O)O)s2)CCC1NC(=O)c1[nH]c(C)c(Cl)c1Cl. The fourth-order valence-corrected chi connectivity index (χ4v) is 4.81. The fourth-order valence-electron chi connectivity index (χ4n) is 3.47. The highest BCUT2D eigenvalue weighted by Gasteiger charge is 2.32. The lowest BCUT2D eigenvalue weighted by Crippen LogP contribution is -2.52. The van der Waals surface area contributed by atoms with Crippen LogP contribution in [-0.4, -0.2) is 68.9 Å². The minimum absolute atomic E-state index is 0.0780. The predicted octanol–water partition coefficient (Wildman–Crippen LogP) is 3.19. The van der Waals surface area contributed by atoms with Crippen LogP contribution in [0.15, 0.2) is 17.5 Å². The van der Waals surface area contributed by atoms with Gasteiger partial charge in [-0.05, 0) is 13.3 Å². The van der Waals surface area contributed by atoms with Crippen LogP contribution >= 0.6 is 34.5 Å². The van der Waals surface area contributed by atoms with Crippen molar-refractivity contribution in [2.24, 2.45) is 5.16 Å². The smallest absolute Gasteiger partial charge is 0.348 e. The average molecular weight is 512 g/mol. The molecular formula is C19H19Cl2N7O4S. The van der Waals surface area contributed by atoms with Crippen LogP contribution in [0.3, 0.4) is 0 Å². The third-order valence-electron chi connectivity index (χ3n) is 5.04. The Morgan fingerprint density at radius 3 is 2.79 bits per heavy atom. The Hall–Kier alpha value is -3.09. The molecule has 1 atom stereocenters. The first-order chi connectivity index (χ1) is 15.8. The maximum absolute atomic E-state index is 12.8. The molecule has 174 valence electrons. The van der Waals surface area contributed by atoms with Gasteiger partial charge in [-0.15, -0.1) is 0 Å². The van der Waals surface area contributed by atoms with Gasteiger partial charge in [0.15, 0.2) is 11.0 Å². The van der Waals surface area contributed by atoms with Crippen LogP contribution in [0.25, 0.3) is 11.5 Å². The summed E-state index contributed by atoms with van der Waals surface area (Å²) in [5, 5.41) is 17.5. The number of thiazole rings is 1. The van der Waals surface area contributed by atoms with Gasteiger partial charge in [-0.1, -0.05) is 39.7 Å². The van der Waals surface area contributed by atoms with Crippen molar-refractivity contribution in [3.05, 3.63) is 38.7 Å². The molecule has 0 bridgehead atoms. The highest BCUT2D eigenvalue weighted by atomic mass is 35.5. The quantitative estimate of drug-likeness (QED) is 0.371. The third-order valence-corrected chi connectivity index (χ3v) is 7.09. The number of aromatic nitrogens is 4. The van der Waals surface area contributed by atoms with E-state index in [0.29, 0.717) is 40.3 Å². The maximum atomic E-state index is 12.8. The zero-order valence-electron chi connectivity index (χ0n) is 17.5. The lowest BCUT2D eigenvalue weighted by molar-refractivity contribution is 0.0702. The Bertz CT molecular complexity index is 1220. The second-order valence-electron chi connectivity index (χ2n) is 7.17. The number of amides is 1. The molecule has 0 radical (unpaired) electrons. The first-order valence-corrected chi connectivity index (χ1v) is 11.3. The van der Waals surface area contributed by atoms with Crippen LogP contribution in [0.2, 0.25) is 10.0 Å². The van der Waals surface area contributed by atoms with E-state index in [1.54, 1.807) is 13.1 Å². The van der Waals surface area contributed by atoms with Gasteiger partial charge >= 0.3 is 5.97 Å². The van der Waals surface area contributed by atoms with Gasteiger partial charge in [0, 0.05) is 24.6 Å². The van der Waals surface area contributed by atoms with E-state index >= 15 is 0 Å². The van der Waals surface area contributed by atoms with Gasteiger partial charge < -0.3 is 30.1 Å². The first kappa shape index (κ1) is 23.1. The number of aromatic carboxylic acids is 1. The van der Waals surface area contributed by atoms with Crippen LogP contribution < -0.4 is 10.2 Å². The van der Waals surface area contributed by atoms with E-state index in [1.807, 2.05) is 4.90 Å². The van der Waals surface area contributed by atoms with E-state index < -0.39 is 17.9 Å². The monoisotopic (exact) mass is 511 g/mol. The molecule has 1 aliphatic heterocycles. The number of nitrogens with zero attached hydrogens (tertiary/aromatic N) is 4. The molecule has 4 N–H and O–H groups in total. The van der Waals surface area contributed by atoms with Gasteiger partial charge in [0.1, 0.15) is 23.4 Å². The number of halogens is 2. The van der Waals surface area contributed by atoms with Crippen LogP contribution in [0.4, 0.5) is 5.13 Å². The number of hydrogen-bond donors (Lipinski definition) is 4. The molecule has 4 heterocycles. The van der Waals surface area contributed by atoms with Gasteiger partial charge in [0.2, 0.25) is 0 Å². The second kappa shape index (κ2) is 9.41. The summed E-state index contributed by atoms with van der Waals surface area (Å²) < 4.78 is 0. The van der Waals surface area contributed by atoms with Crippen LogP contribution in [0, 0.1) is 6.92 Å². The standard InChI is InChI=1S/C19H19Cl2N7O4S/c1-8-11(20)12(21)13(24-8)17(29)25-9-3-6-28(7-10(9)27-32-2)19-26-14(15(33-19)18(30)31)16-22-4-5-23-16/h4-5,9,24H,3,6-7H2,1-2H3,(H,22,23)(H,25,29)(H,30,31). The average Bonchev–Trinajstić information content (AvgIpc) is 3.51. The Labute approximate surface area is 201 Å². The molecule has 1 amide bonds. The molecule has 0 saturated carbocycles. The summed E-state index contributed by atoms with van der Waals surface area (Å²) in [4.78, 5) is 45.8. The van der Waals surface area contributed by atoms with Crippen LogP contribution in [0.1, 0.15) is 32.3 Å². The Balaban J connectivity index is 1.54. The Kier molecular flexibility index (Phi) is 6.58. The number of nitrogens with one attached hydrogen (secondary N) is 3. The minimum Gasteiger partial charge on any atom is -0.477 e. The molecule has 3 aromatic heterocycles. The predicted molar refractivity (Wildman–Crippen MR) is 125 cm³/mol. The van der Waals surface area contributed by atoms with Gasteiger partial charge in [0.05, 0.1) is 28.3 Å². The molecule has 0 spiro atoms.